The predicted octanol–water partition coefficient (Wildman–Crippen LogP) is 2.41. The molecule has 1 fully saturated rings. The molecule has 1 saturated heterocycles. The molecular weight excluding hydrogens is 204 g/mol. The number of thiazole rings is 1. The highest BCUT2D eigenvalue weighted by atomic mass is 32.1. The third kappa shape index (κ3) is 2.79. The Bertz CT molecular complexity index is 326. The predicted molar refractivity (Wildman–Crippen MR) is 65.5 cm³/mol. The van der Waals surface area contributed by atoms with Crippen LogP contribution in [-0.2, 0) is 12.8 Å². The van der Waals surface area contributed by atoms with Crippen LogP contribution in [-0.4, -0.2) is 18.1 Å². The van der Waals surface area contributed by atoms with Gasteiger partial charge in [0.1, 0.15) is 0 Å². The lowest BCUT2D eigenvalue weighted by atomic mass is 9.97. The standard InChI is InChI=1S/C12H20N2S/c1-8(2)4-12-14-11(9(3)15-12)5-10-6-13-7-10/h8,10,13H,4-7H2,1-3H3. The van der Waals surface area contributed by atoms with E-state index in [0.717, 1.165) is 12.3 Å². The van der Waals surface area contributed by atoms with E-state index in [1.54, 1.807) is 0 Å². The van der Waals surface area contributed by atoms with E-state index >= 15 is 0 Å². The van der Waals surface area contributed by atoms with Crippen LogP contribution in [0.1, 0.15) is 29.4 Å². The van der Waals surface area contributed by atoms with Crippen molar-refractivity contribution in [3.8, 4) is 0 Å². The van der Waals surface area contributed by atoms with Gasteiger partial charge in [0.15, 0.2) is 0 Å². The molecular formula is C12H20N2S. The summed E-state index contributed by atoms with van der Waals surface area (Å²) in [6.45, 7) is 9.08. The van der Waals surface area contributed by atoms with E-state index in [0.29, 0.717) is 5.92 Å². The number of nitrogens with one attached hydrogen (secondary N) is 1. The van der Waals surface area contributed by atoms with Crippen molar-refractivity contribution in [3.63, 3.8) is 0 Å². The minimum atomic E-state index is 0.716. The zero-order valence-electron chi connectivity index (χ0n) is 9.84. The maximum Gasteiger partial charge on any atom is 0.0933 e. The van der Waals surface area contributed by atoms with Crippen LogP contribution in [0.3, 0.4) is 0 Å². The van der Waals surface area contributed by atoms with Crippen LogP contribution in [0.4, 0.5) is 0 Å². The second-order valence-corrected chi connectivity index (χ2v) is 6.22. The van der Waals surface area contributed by atoms with E-state index in [1.165, 1.54) is 35.1 Å². The van der Waals surface area contributed by atoms with E-state index in [9.17, 15) is 0 Å². The molecule has 0 unspecified atom stereocenters. The molecule has 84 valence electrons. The molecule has 1 aromatic rings. The minimum Gasteiger partial charge on any atom is -0.316 e. The van der Waals surface area contributed by atoms with E-state index in [-0.39, 0.29) is 0 Å². The van der Waals surface area contributed by atoms with Crippen molar-refractivity contribution in [2.45, 2.75) is 33.6 Å². The van der Waals surface area contributed by atoms with Gasteiger partial charge in [0, 0.05) is 11.3 Å². The summed E-state index contributed by atoms with van der Waals surface area (Å²) in [5, 5.41) is 4.64. The van der Waals surface area contributed by atoms with Gasteiger partial charge in [-0.25, -0.2) is 4.98 Å². The normalized spacial score (nSPS) is 17.1. The quantitative estimate of drug-likeness (QED) is 0.849. The largest absolute Gasteiger partial charge is 0.316 e. The van der Waals surface area contributed by atoms with Gasteiger partial charge in [0.05, 0.1) is 10.7 Å². The molecule has 3 heteroatoms. The van der Waals surface area contributed by atoms with Crippen molar-refractivity contribution >= 4 is 11.3 Å². The summed E-state index contributed by atoms with van der Waals surface area (Å²) in [5.41, 5.74) is 1.35. The molecule has 0 bridgehead atoms. The summed E-state index contributed by atoms with van der Waals surface area (Å²) in [4.78, 5) is 6.19. The second-order valence-electron chi connectivity index (χ2n) is 4.94. The molecule has 2 nitrogen and oxygen atoms in total. The van der Waals surface area contributed by atoms with E-state index in [1.807, 2.05) is 11.3 Å². The molecule has 0 aromatic carbocycles. The summed E-state index contributed by atoms with van der Waals surface area (Å²) in [5.74, 6) is 1.55. The van der Waals surface area contributed by atoms with E-state index in [4.69, 9.17) is 4.98 Å². The molecule has 1 aromatic heterocycles. The monoisotopic (exact) mass is 224 g/mol. The smallest absolute Gasteiger partial charge is 0.0933 e. The zero-order chi connectivity index (χ0) is 10.8. The Morgan fingerprint density at radius 1 is 1.47 bits per heavy atom. The first-order valence-corrected chi connectivity index (χ1v) is 6.62. The first kappa shape index (κ1) is 11.1. The van der Waals surface area contributed by atoms with Crippen molar-refractivity contribution in [3.05, 3.63) is 15.6 Å². The molecule has 0 saturated carbocycles. The molecule has 0 spiro atoms. The third-order valence-corrected chi connectivity index (χ3v) is 3.90. The fourth-order valence-electron chi connectivity index (χ4n) is 1.88. The number of hydrogen-bond acceptors (Lipinski definition) is 3. The van der Waals surface area contributed by atoms with Crippen molar-refractivity contribution in [1.29, 1.82) is 0 Å². The van der Waals surface area contributed by atoms with Crippen molar-refractivity contribution in [2.75, 3.05) is 13.1 Å². The summed E-state index contributed by atoms with van der Waals surface area (Å²) in [7, 11) is 0. The molecule has 0 aliphatic carbocycles. The Kier molecular flexibility index (Phi) is 3.42. The molecule has 0 amide bonds. The molecule has 15 heavy (non-hydrogen) atoms. The van der Waals surface area contributed by atoms with E-state index in [2.05, 4.69) is 26.1 Å². The molecule has 2 heterocycles. The molecule has 0 atom stereocenters. The van der Waals surface area contributed by atoms with Crippen LogP contribution in [0.25, 0.3) is 0 Å². The van der Waals surface area contributed by atoms with Crippen molar-refractivity contribution in [1.82, 2.24) is 10.3 Å². The molecule has 1 aliphatic rings. The summed E-state index contributed by atoms with van der Waals surface area (Å²) < 4.78 is 0. The van der Waals surface area contributed by atoms with Gasteiger partial charge in [-0.2, -0.15) is 0 Å². The first-order chi connectivity index (χ1) is 7.15. The lowest BCUT2D eigenvalue weighted by Crippen LogP contribution is -2.43. The molecule has 2 rings (SSSR count). The Labute approximate surface area is 96.1 Å². The number of aryl methyl sites for hydroxylation is 1. The summed E-state index contributed by atoms with van der Waals surface area (Å²) >= 11 is 1.89. The average molecular weight is 224 g/mol. The minimum absolute atomic E-state index is 0.716. The maximum absolute atomic E-state index is 4.76. The Morgan fingerprint density at radius 3 is 2.73 bits per heavy atom. The third-order valence-electron chi connectivity index (χ3n) is 2.87. The lowest BCUT2D eigenvalue weighted by Gasteiger charge is -2.26. The highest BCUT2D eigenvalue weighted by Crippen LogP contribution is 2.23. The Morgan fingerprint density at radius 2 is 2.20 bits per heavy atom. The number of nitrogens with zero attached hydrogens (tertiary/aromatic N) is 1. The summed E-state index contributed by atoms with van der Waals surface area (Å²) in [6.07, 6.45) is 2.31. The fraction of sp³-hybridized carbons (Fsp3) is 0.750. The molecule has 1 aliphatic heterocycles. The molecule has 0 radical (unpaired) electrons. The van der Waals surface area contributed by atoms with Gasteiger partial charge in [0.25, 0.3) is 0 Å². The van der Waals surface area contributed by atoms with Gasteiger partial charge in [-0.15, -0.1) is 11.3 Å². The van der Waals surface area contributed by atoms with Gasteiger partial charge in [0.2, 0.25) is 0 Å². The van der Waals surface area contributed by atoms with Crippen LogP contribution in [0.2, 0.25) is 0 Å². The highest BCUT2D eigenvalue weighted by molar-refractivity contribution is 7.11. The van der Waals surface area contributed by atoms with Crippen LogP contribution in [0.5, 0.6) is 0 Å². The topological polar surface area (TPSA) is 24.9 Å². The summed E-state index contributed by atoms with van der Waals surface area (Å²) in [6, 6.07) is 0. The molecule has 1 N–H and O–H groups in total. The highest BCUT2D eigenvalue weighted by Gasteiger charge is 2.20. The SMILES string of the molecule is Cc1sc(CC(C)C)nc1CC1CNC1. The van der Waals surface area contributed by atoms with Gasteiger partial charge in [-0.05, 0) is 38.3 Å². The van der Waals surface area contributed by atoms with Gasteiger partial charge < -0.3 is 5.32 Å². The van der Waals surface area contributed by atoms with Crippen molar-refractivity contribution < 1.29 is 0 Å². The fourth-order valence-corrected chi connectivity index (χ4v) is 3.05. The van der Waals surface area contributed by atoms with Crippen LogP contribution < -0.4 is 5.32 Å². The van der Waals surface area contributed by atoms with E-state index < -0.39 is 0 Å². The number of rotatable bonds is 4. The first-order valence-electron chi connectivity index (χ1n) is 5.81. The van der Waals surface area contributed by atoms with Crippen LogP contribution >= 0.6 is 11.3 Å². The second kappa shape index (κ2) is 4.62. The Hall–Kier alpha value is -0.410. The maximum atomic E-state index is 4.76. The zero-order valence-corrected chi connectivity index (χ0v) is 10.7. The van der Waals surface area contributed by atoms with Gasteiger partial charge in [-0.1, -0.05) is 13.8 Å². The number of aromatic nitrogens is 1. The van der Waals surface area contributed by atoms with Crippen LogP contribution in [0.15, 0.2) is 0 Å². The Balaban J connectivity index is 2.00. The van der Waals surface area contributed by atoms with Crippen LogP contribution in [0, 0.1) is 18.8 Å². The lowest BCUT2D eigenvalue weighted by molar-refractivity contribution is 0.344. The van der Waals surface area contributed by atoms with Gasteiger partial charge >= 0.3 is 0 Å². The average Bonchev–Trinajstić information content (AvgIpc) is 2.38. The van der Waals surface area contributed by atoms with Gasteiger partial charge in [-0.3, -0.25) is 0 Å². The number of hydrogen-bond donors (Lipinski definition) is 1. The van der Waals surface area contributed by atoms with Crippen molar-refractivity contribution in [2.24, 2.45) is 11.8 Å².